The average Bonchev–Trinajstić information content (AvgIpc) is 2.88. The van der Waals surface area contributed by atoms with Gasteiger partial charge in [0.25, 0.3) is 0 Å². The van der Waals surface area contributed by atoms with E-state index in [1.54, 1.807) is 0 Å². The molecule has 0 aromatic carbocycles. The molecule has 0 radical (unpaired) electrons. The zero-order valence-corrected chi connectivity index (χ0v) is 9.67. The van der Waals surface area contributed by atoms with Gasteiger partial charge in [-0.2, -0.15) is 5.10 Å². The molecule has 5 nitrogen and oxygen atoms in total. The summed E-state index contributed by atoms with van der Waals surface area (Å²) in [6.07, 6.45) is 4.84. The van der Waals surface area contributed by atoms with Crippen LogP contribution in [0.25, 0.3) is 0 Å². The second-order valence-electron chi connectivity index (χ2n) is 4.22. The first-order valence-electron chi connectivity index (χ1n) is 5.96. The summed E-state index contributed by atoms with van der Waals surface area (Å²) in [5, 5.41) is 14.0. The van der Waals surface area contributed by atoms with Crippen LogP contribution in [0.4, 0.5) is 0 Å². The van der Waals surface area contributed by atoms with Crippen molar-refractivity contribution in [1.82, 2.24) is 14.8 Å². The van der Waals surface area contributed by atoms with Gasteiger partial charge in [-0.3, -0.25) is 4.68 Å². The molecule has 1 fully saturated rings. The number of aliphatic hydroxyl groups is 1. The third-order valence-corrected chi connectivity index (χ3v) is 2.97. The van der Waals surface area contributed by atoms with Gasteiger partial charge in [0.15, 0.2) is 0 Å². The van der Waals surface area contributed by atoms with Crippen molar-refractivity contribution in [3.05, 3.63) is 12.2 Å². The summed E-state index contributed by atoms with van der Waals surface area (Å²) in [5.41, 5.74) is 0. The molecule has 2 heterocycles. The van der Waals surface area contributed by atoms with Crippen molar-refractivity contribution < 1.29 is 9.84 Å². The average molecular weight is 225 g/mol. The van der Waals surface area contributed by atoms with Crippen LogP contribution in [0.3, 0.4) is 0 Å². The number of aromatic nitrogens is 3. The van der Waals surface area contributed by atoms with Crippen LogP contribution in [0.1, 0.15) is 32.0 Å². The Hall–Kier alpha value is -0.940. The van der Waals surface area contributed by atoms with Crippen LogP contribution in [-0.4, -0.2) is 38.7 Å². The lowest BCUT2D eigenvalue weighted by Crippen LogP contribution is -2.21. The summed E-state index contributed by atoms with van der Waals surface area (Å²) < 4.78 is 7.31. The Morgan fingerprint density at radius 2 is 2.56 bits per heavy atom. The summed E-state index contributed by atoms with van der Waals surface area (Å²) in [5.74, 6) is 0.855. The number of nitrogens with zero attached hydrogens (tertiary/aromatic N) is 3. The van der Waals surface area contributed by atoms with Crippen LogP contribution in [0.5, 0.6) is 0 Å². The molecule has 0 bridgehead atoms. The van der Waals surface area contributed by atoms with Crippen LogP contribution >= 0.6 is 0 Å². The molecule has 0 spiro atoms. The Bertz CT molecular complexity index is 321. The van der Waals surface area contributed by atoms with E-state index < -0.39 is 0 Å². The predicted octanol–water partition coefficient (Wildman–Crippen LogP) is 0.770. The highest BCUT2D eigenvalue weighted by atomic mass is 16.5. The molecular formula is C11H19N3O2. The highest BCUT2D eigenvalue weighted by molar-refractivity contribution is 4.88. The second kappa shape index (κ2) is 5.41. The van der Waals surface area contributed by atoms with E-state index in [9.17, 15) is 5.11 Å². The molecule has 0 saturated carbocycles. The third-order valence-electron chi connectivity index (χ3n) is 2.97. The standard InChI is InChI=1S/C11H19N3O2/c1-2-14-11(12-8-13-14)7-9(15)6-10-4-3-5-16-10/h8-10,15H,2-7H2,1H3. The lowest BCUT2D eigenvalue weighted by molar-refractivity contribution is 0.0530. The van der Waals surface area contributed by atoms with E-state index in [-0.39, 0.29) is 12.2 Å². The number of ether oxygens (including phenoxy) is 1. The van der Waals surface area contributed by atoms with Gasteiger partial charge in [-0.1, -0.05) is 0 Å². The molecule has 2 rings (SSSR count). The molecule has 90 valence electrons. The van der Waals surface area contributed by atoms with Gasteiger partial charge in [0.05, 0.1) is 12.2 Å². The van der Waals surface area contributed by atoms with Gasteiger partial charge >= 0.3 is 0 Å². The van der Waals surface area contributed by atoms with Crippen molar-refractivity contribution in [2.45, 2.75) is 51.4 Å². The van der Waals surface area contributed by atoms with Gasteiger partial charge in [0, 0.05) is 19.6 Å². The SMILES string of the molecule is CCn1ncnc1CC(O)CC1CCCO1. The minimum absolute atomic E-state index is 0.230. The first kappa shape index (κ1) is 11.5. The molecule has 1 aromatic heterocycles. The Morgan fingerprint density at radius 1 is 1.69 bits per heavy atom. The Labute approximate surface area is 95.4 Å². The van der Waals surface area contributed by atoms with Crippen molar-refractivity contribution in [1.29, 1.82) is 0 Å². The normalized spacial score (nSPS) is 22.5. The van der Waals surface area contributed by atoms with Crippen molar-refractivity contribution in [3.63, 3.8) is 0 Å². The molecule has 1 aromatic rings. The summed E-state index contributed by atoms with van der Waals surface area (Å²) in [6, 6.07) is 0. The van der Waals surface area contributed by atoms with E-state index >= 15 is 0 Å². The quantitative estimate of drug-likeness (QED) is 0.804. The Kier molecular flexibility index (Phi) is 3.90. The van der Waals surface area contributed by atoms with Crippen LogP contribution < -0.4 is 0 Å². The molecule has 1 N–H and O–H groups in total. The van der Waals surface area contributed by atoms with Gasteiger partial charge < -0.3 is 9.84 Å². The molecule has 0 aliphatic carbocycles. The van der Waals surface area contributed by atoms with Gasteiger partial charge in [-0.05, 0) is 26.2 Å². The van der Waals surface area contributed by atoms with Crippen LogP contribution in [0.2, 0.25) is 0 Å². The summed E-state index contributed by atoms with van der Waals surface area (Å²) in [6.45, 7) is 3.65. The van der Waals surface area contributed by atoms with Crippen molar-refractivity contribution in [2.24, 2.45) is 0 Å². The van der Waals surface area contributed by atoms with Crippen LogP contribution in [0, 0.1) is 0 Å². The molecule has 2 unspecified atom stereocenters. The maximum absolute atomic E-state index is 9.94. The van der Waals surface area contributed by atoms with Gasteiger partial charge in [-0.15, -0.1) is 0 Å². The van der Waals surface area contributed by atoms with Crippen molar-refractivity contribution in [2.75, 3.05) is 6.61 Å². The highest BCUT2D eigenvalue weighted by Gasteiger charge is 2.20. The third kappa shape index (κ3) is 2.80. The monoisotopic (exact) mass is 225 g/mol. The van der Waals surface area contributed by atoms with E-state index in [4.69, 9.17) is 4.74 Å². The second-order valence-corrected chi connectivity index (χ2v) is 4.22. The molecule has 1 aliphatic heterocycles. The maximum Gasteiger partial charge on any atom is 0.138 e. The topological polar surface area (TPSA) is 60.2 Å². The first-order valence-corrected chi connectivity index (χ1v) is 5.96. The fourth-order valence-electron chi connectivity index (χ4n) is 2.14. The number of hydrogen-bond donors (Lipinski definition) is 1. The molecule has 5 heteroatoms. The minimum atomic E-state index is -0.377. The van der Waals surface area contributed by atoms with Crippen LogP contribution in [-0.2, 0) is 17.7 Å². The fourth-order valence-corrected chi connectivity index (χ4v) is 2.14. The number of aliphatic hydroxyl groups excluding tert-OH is 1. The van der Waals surface area contributed by atoms with Crippen LogP contribution in [0.15, 0.2) is 6.33 Å². The number of rotatable bonds is 5. The summed E-state index contributed by atoms with van der Waals surface area (Å²) >= 11 is 0. The van der Waals surface area contributed by atoms with Crippen molar-refractivity contribution in [3.8, 4) is 0 Å². The lowest BCUT2D eigenvalue weighted by Gasteiger charge is -2.14. The molecule has 1 saturated heterocycles. The van der Waals surface area contributed by atoms with Crippen molar-refractivity contribution >= 4 is 0 Å². The van der Waals surface area contributed by atoms with Gasteiger partial charge in [-0.25, -0.2) is 4.98 Å². The first-order chi connectivity index (χ1) is 7.79. The molecule has 2 atom stereocenters. The van der Waals surface area contributed by atoms with E-state index in [2.05, 4.69) is 10.1 Å². The fraction of sp³-hybridized carbons (Fsp3) is 0.818. The maximum atomic E-state index is 9.94. The van der Waals surface area contributed by atoms with Gasteiger partial charge in [0.1, 0.15) is 12.2 Å². The van der Waals surface area contributed by atoms with E-state index in [1.807, 2.05) is 11.6 Å². The summed E-state index contributed by atoms with van der Waals surface area (Å²) in [4.78, 5) is 4.15. The smallest absolute Gasteiger partial charge is 0.138 e. The van der Waals surface area contributed by atoms with E-state index in [0.717, 1.165) is 31.8 Å². The molecular weight excluding hydrogens is 206 g/mol. The van der Waals surface area contributed by atoms with E-state index in [0.29, 0.717) is 12.8 Å². The zero-order valence-electron chi connectivity index (χ0n) is 9.67. The number of aryl methyl sites for hydroxylation is 1. The van der Waals surface area contributed by atoms with E-state index in [1.165, 1.54) is 6.33 Å². The van der Waals surface area contributed by atoms with Gasteiger partial charge in [0.2, 0.25) is 0 Å². The zero-order chi connectivity index (χ0) is 11.4. The summed E-state index contributed by atoms with van der Waals surface area (Å²) in [7, 11) is 0. The predicted molar refractivity (Wildman–Crippen MR) is 59.0 cm³/mol. The molecule has 16 heavy (non-hydrogen) atoms. The minimum Gasteiger partial charge on any atom is -0.393 e. The molecule has 0 amide bonds. The molecule has 1 aliphatic rings. The Morgan fingerprint density at radius 3 is 3.25 bits per heavy atom. The highest BCUT2D eigenvalue weighted by Crippen LogP contribution is 2.18. The Balaban J connectivity index is 1.84. The largest absolute Gasteiger partial charge is 0.393 e. The lowest BCUT2D eigenvalue weighted by atomic mass is 10.1. The number of hydrogen-bond acceptors (Lipinski definition) is 4.